The van der Waals surface area contributed by atoms with Crippen LogP contribution in [0.25, 0.3) is 0 Å². The predicted octanol–water partition coefficient (Wildman–Crippen LogP) is 5.00. The van der Waals surface area contributed by atoms with Gasteiger partial charge in [0.2, 0.25) is 0 Å². The Morgan fingerprint density at radius 1 is 0.824 bits per heavy atom. The van der Waals surface area contributed by atoms with E-state index in [4.69, 9.17) is 0 Å². The van der Waals surface area contributed by atoms with Crippen LogP contribution < -0.4 is 0 Å². The van der Waals surface area contributed by atoms with Gasteiger partial charge in [-0.25, -0.2) is 0 Å². The van der Waals surface area contributed by atoms with Crippen molar-refractivity contribution in [3.8, 4) is 0 Å². The van der Waals surface area contributed by atoms with Crippen LogP contribution in [-0.4, -0.2) is 23.5 Å². The van der Waals surface area contributed by atoms with Crippen molar-refractivity contribution in [2.24, 2.45) is 0 Å². The summed E-state index contributed by atoms with van der Waals surface area (Å²) in [6, 6.07) is 0. The van der Waals surface area contributed by atoms with Gasteiger partial charge in [-0.15, -0.1) is 0 Å². The summed E-state index contributed by atoms with van der Waals surface area (Å²) in [4.78, 5) is 2.75. The number of nitrogens with zero attached hydrogens (tertiary/aromatic N) is 1. The fourth-order valence-electron chi connectivity index (χ4n) is 3.00. The molecule has 0 bridgehead atoms. The van der Waals surface area contributed by atoms with Gasteiger partial charge in [-0.3, -0.25) is 4.90 Å². The van der Waals surface area contributed by atoms with E-state index in [9.17, 15) is 0 Å². The summed E-state index contributed by atoms with van der Waals surface area (Å²) in [5.74, 6) is 0. The lowest BCUT2D eigenvalue weighted by atomic mass is 9.93. The van der Waals surface area contributed by atoms with Gasteiger partial charge in [0.15, 0.2) is 0 Å². The molecule has 0 aliphatic carbocycles. The lowest BCUT2D eigenvalue weighted by Crippen LogP contribution is -2.44. The van der Waals surface area contributed by atoms with Gasteiger partial charge in [0, 0.05) is 5.54 Å². The van der Waals surface area contributed by atoms with Crippen molar-refractivity contribution in [1.82, 2.24) is 4.90 Å². The largest absolute Gasteiger partial charge is 0.298 e. The minimum atomic E-state index is 0.441. The molecule has 1 aliphatic rings. The summed E-state index contributed by atoms with van der Waals surface area (Å²) >= 11 is 0. The van der Waals surface area contributed by atoms with Crippen molar-refractivity contribution in [2.45, 2.75) is 90.5 Å². The Morgan fingerprint density at radius 2 is 1.41 bits per heavy atom. The average molecular weight is 239 g/mol. The second kappa shape index (κ2) is 8.13. The van der Waals surface area contributed by atoms with E-state index >= 15 is 0 Å². The highest BCUT2D eigenvalue weighted by atomic mass is 15.2. The van der Waals surface area contributed by atoms with Crippen molar-refractivity contribution in [1.29, 1.82) is 0 Å². The van der Waals surface area contributed by atoms with Gasteiger partial charge >= 0.3 is 0 Å². The first-order valence-corrected chi connectivity index (χ1v) is 7.92. The van der Waals surface area contributed by atoms with Crippen LogP contribution in [0.5, 0.6) is 0 Å². The maximum Gasteiger partial charge on any atom is 0.0153 e. The third-order valence-corrected chi connectivity index (χ3v) is 4.35. The first-order chi connectivity index (χ1) is 8.17. The SMILES string of the molecule is CCCCCCCC(C)(C)N1CCCCCC1. The van der Waals surface area contributed by atoms with Gasteiger partial charge in [-0.05, 0) is 46.2 Å². The summed E-state index contributed by atoms with van der Waals surface area (Å²) in [6.45, 7) is 9.88. The monoisotopic (exact) mass is 239 g/mol. The third kappa shape index (κ3) is 5.90. The fourth-order valence-corrected chi connectivity index (χ4v) is 3.00. The van der Waals surface area contributed by atoms with Crippen LogP contribution in [0.15, 0.2) is 0 Å². The molecule has 0 amide bonds. The van der Waals surface area contributed by atoms with Crippen LogP contribution in [0.2, 0.25) is 0 Å². The van der Waals surface area contributed by atoms with Crippen LogP contribution in [-0.2, 0) is 0 Å². The molecule has 0 aromatic carbocycles. The summed E-state index contributed by atoms with van der Waals surface area (Å²) in [6.07, 6.45) is 14.2. The molecular formula is C16H33N. The van der Waals surface area contributed by atoms with Crippen LogP contribution >= 0.6 is 0 Å². The molecule has 0 radical (unpaired) electrons. The highest BCUT2D eigenvalue weighted by Crippen LogP contribution is 2.25. The van der Waals surface area contributed by atoms with E-state index in [1.165, 1.54) is 77.3 Å². The Morgan fingerprint density at radius 3 is 2.00 bits per heavy atom. The Balaban J connectivity index is 2.22. The second-order valence-corrected chi connectivity index (χ2v) is 6.38. The Bertz CT molecular complexity index is 178. The molecule has 0 N–H and O–H groups in total. The van der Waals surface area contributed by atoms with Crippen molar-refractivity contribution < 1.29 is 0 Å². The summed E-state index contributed by atoms with van der Waals surface area (Å²) in [5.41, 5.74) is 0.441. The molecule has 102 valence electrons. The fraction of sp³-hybridized carbons (Fsp3) is 1.00. The zero-order valence-electron chi connectivity index (χ0n) is 12.4. The maximum atomic E-state index is 2.75. The van der Waals surface area contributed by atoms with E-state index in [1.807, 2.05) is 0 Å². The predicted molar refractivity (Wildman–Crippen MR) is 77.5 cm³/mol. The summed E-state index contributed by atoms with van der Waals surface area (Å²) in [7, 11) is 0. The van der Waals surface area contributed by atoms with Crippen molar-refractivity contribution in [3.05, 3.63) is 0 Å². The number of unbranched alkanes of at least 4 members (excludes halogenated alkanes) is 4. The molecule has 0 aromatic rings. The highest BCUT2D eigenvalue weighted by molar-refractivity contribution is 4.82. The topological polar surface area (TPSA) is 3.24 Å². The van der Waals surface area contributed by atoms with Gasteiger partial charge in [0.25, 0.3) is 0 Å². The van der Waals surface area contributed by atoms with E-state index in [0.717, 1.165) is 0 Å². The molecule has 0 spiro atoms. The molecule has 1 fully saturated rings. The molecule has 0 unspecified atom stereocenters. The van der Waals surface area contributed by atoms with Gasteiger partial charge in [0.05, 0.1) is 0 Å². The average Bonchev–Trinajstić information content (AvgIpc) is 2.57. The Labute approximate surface area is 109 Å². The van der Waals surface area contributed by atoms with Gasteiger partial charge < -0.3 is 0 Å². The standard InChI is InChI=1S/C16H33N/c1-4-5-6-7-10-13-16(2,3)17-14-11-8-9-12-15-17/h4-15H2,1-3H3. The zero-order valence-corrected chi connectivity index (χ0v) is 12.4. The molecular weight excluding hydrogens is 206 g/mol. The zero-order chi connectivity index (χ0) is 12.6. The minimum absolute atomic E-state index is 0.441. The van der Waals surface area contributed by atoms with E-state index < -0.39 is 0 Å². The van der Waals surface area contributed by atoms with E-state index in [0.29, 0.717) is 5.54 Å². The van der Waals surface area contributed by atoms with E-state index in [1.54, 1.807) is 0 Å². The normalized spacial score (nSPS) is 19.2. The minimum Gasteiger partial charge on any atom is -0.298 e. The van der Waals surface area contributed by atoms with Gasteiger partial charge in [-0.1, -0.05) is 51.9 Å². The first-order valence-electron chi connectivity index (χ1n) is 7.92. The molecule has 1 rings (SSSR count). The van der Waals surface area contributed by atoms with Crippen molar-refractivity contribution in [3.63, 3.8) is 0 Å². The molecule has 1 heterocycles. The molecule has 0 atom stereocenters. The van der Waals surface area contributed by atoms with E-state index in [2.05, 4.69) is 25.7 Å². The number of hydrogen-bond donors (Lipinski definition) is 0. The number of hydrogen-bond acceptors (Lipinski definition) is 1. The van der Waals surface area contributed by atoms with Gasteiger partial charge in [0.1, 0.15) is 0 Å². The number of likely N-dealkylation sites (tertiary alicyclic amines) is 1. The first kappa shape index (κ1) is 15.0. The highest BCUT2D eigenvalue weighted by Gasteiger charge is 2.26. The summed E-state index contributed by atoms with van der Waals surface area (Å²) < 4.78 is 0. The molecule has 1 nitrogen and oxygen atoms in total. The quantitative estimate of drug-likeness (QED) is 0.565. The van der Waals surface area contributed by atoms with Crippen molar-refractivity contribution in [2.75, 3.05) is 13.1 Å². The lowest BCUT2D eigenvalue weighted by molar-refractivity contribution is 0.113. The van der Waals surface area contributed by atoms with Crippen LogP contribution in [0.1, 0.15) is 85.0 Å². The number of rotatable bonds is 7. The maximum absolute atomic E-state index is 2.75. The Kier molecular flexibility index (Phi) is 7.18. The third-order valence-electron chi connectivity index (χ3n) is 4.35. The lowest BCUT2D eigenvalue weighted by Gasteiger charge is -2.38. The van der Waals surface area contributed by atoms with Crippen LogP contribution in [0.4, 0.5) is 0 Å². The van der Waals surface area contributed by atoms with Gasteiger partial charge in [-0.2, -0.15) is 0 Å². The summed E-state index contributed by atoms with van der Waals surface area (Å²) in [5, 5.41) is 0. The van der Waals surface area contributed by atoms with Crippen molar-refractivity contribution >= 4 is 0 Å². The van der Waals surface area contributed by atoms with E-state index in [-0.39, 0.29) is 0 Å². The molecule has 1 aliphatic heterocycles. The van der Waals surface area contributed by atoms with Crippen LogP contribution in [0, 0.1) is 0 Å². The molecule has 17 heavy (non-hydrogen) atoms. The smallest absolute Gasteiger partial charge is 0.0153 e. The molecule has 0 aromatic heterocycles. The molecule has 0 saturated carbocycles. The molecule has 1 heteroatoms. The Hall–Kier alpha value is -0.0400. The molecule has 1 saturated heterocycles. The van der Waals surface area contributed by atoms with Crippen LogP contribution in [0.3, 0.4) is 0 Å². The second-order valence-electron chi connectivity index (χ2n) is 6.38.